The van der Waals surface area contributed by atoms with Gasteiger partial charge in [0, 0.05) is 0 Å². The van der Waals surface area contributed by atoms with Crippen LogP contribution in [-0.4, -0.2) is 12.6 Å². The van der Waals surface area contributed by atoms with Crippen LogP contribution in [0, 0.1) is 5.92 Å². The molecule has 0 saturated heterocycles. The van der Waals surface area contributed by atoms with Crippen molar-refractivity contribution in [2.45, 2.75) is 34.1 Å². The number of carbonyl (C=O) groups excluding carboxylic acids is 1. The monoisotopic (exact) mass is 196 g/mol. The van der Waals surface area contributed by atoms with Crippen molar-refractivity contribution in [1.82, 2.24) is 0 Å². The summed E-state index contributed by atoms with van der Waals surface area (Å²) < 4.78 is 4.92. The van der Waals surface area contributed by atoms with Crippen LogP contribution in [0.3, 0.4) is 0 Å². The van der Waals surface area contributed by atoms with E-state index in [0.29, 0.717) is 6.61 Å². The summed E-state index contributed by atoms with van der Waals surface area (Å²) in [5.74, 6) is -0.155. The molecule has 1 atom stereocenters. The third-order valence-electron chi connectivity index (χ3n) is 1.89. The first-order chi connectivity index (χ1) is 6.61. The first kappa shape index (κ1) is 12.9. The predicted molar refractivity (Wildman–Crippen MR) is 59.0 cm³/mol. The Labute approximate surface area is 86.6 Å². The van der Waals surface area contributed by atoms with Crippen LogP contribution in [0.5, 0.6) is 0 Å². The van der Waals surface area contributed by atoms with Crippen LogP contribution in [0.4, 0.5) is 0 Å². The number of rotatable bonds is 5. The lowest BCUT2D eigenvalue weighted by atomic mass is 10.0. The Balaban J connectivity index is 4.04. The summed E-state index contributed by atoms with van der Waals surface area (Å²) in [5, 5.41) is 0. The molecule has 0 saturated carbocycles. The van der Waals surface area contributed by atoms with E-state index in [0.717, 1.165) is 6.42 Å². The Kier molecular flexibility index (Phi) is 6.81. The van der Waals surface area contributed by atoms with Crippen molar-refractivity contribution in [3.05, 3.63) is 23.8 Å². The molecule has 0 aliphatic heterocycles. The highest BCUT2D eigenvalue weighted by Crippen LogP contribution is 2.12. The summed E-state index contributed by atoms with van der Waals surface area (Å²) >= 11 is 0. The van der Waals surface area contributed by atoms with E-state index in [-0.39, 0.29) is 11.9 Å². The van der Waals surface area contributed by atoms with E-state index >= 15 is 0 Å². The van der Waals surface area contributed by atoms with Gasteiger partial charge in [-0.2, -0.15) is 0 Å². The molecule has 2 nitrogen and oxygen atoms in total. The van der Waals surface area contributed by atoms with Gasteiger partial charge in [0.25, 0.3) is 0 Å². The van der Waals surface area contributed by atoms with E-state index in [1.165, 1.54) is 5.57 Å². The number of allylic oxidation sites excluding steroid dienone is 4. The first-order valence-corrected chi connectivity index (χ1v) is 5.06. The summed E-state index contributed by atoms with van der Waals surface area (Å²) in [4.78, 5) is 11.3. The normalized spacial score (nSPS) is 14.4. The van der Waals surface area contributed by atoms with Crippen molar-refractivity contribution in [2.24, 2.45) is 5.92 Å². The number of ether oxygens (including phenoxy) is 1. The fourth-order valence-corrected chi connectivity index (χ4v) is 1.18. The molecule has 0 heterocycles. The van der Waals surface area contributed by atoms with Crippen LogP contribution >= 0.6 is 0 Å². The van der Waals surface area contributed by atoms with Crippen LogP contribution in [0.2, 0.25) is 0 Å². The maximum absolute atomic E-state index is 11.3. The molecule has 1 unspecified atom stereocenters. The molecule has 0 N–H and O–H groups in total. The van der Waals surface area contributed by atoms with Crippen LogP contribution in [0.15, 0.2) is 23.8 Å². The Hall–Kier alpha value is -1.05. The Morgan fingerprint density at radius 1 is 1.50 bits per heavy atom. The molecule has 80 valence electrons. The van der Waals surface area contributed by atoms with Gasteiger partial charge in [-0.05, 0) is 27.2 Å². The summed E-state index contributed by atoms with van der Waals surface area (Å²) in [6, 6.07) is 0. The quantitative estimate of drug-likeness (QED) is 0.499. The van der Waals surface area contributed by atoms with E-state index in [4.69, 9.17) is 4.74 Å². The lowest BCUT2D eigenvalue weighted by molar-refractivity contribution is -0.147. The van der Waals surface area contributed by atoms with Gasteiger partial charge in [0.1, 0.15) is 0 Å². The van der Waals surface area contributed by atoms with Gasteiger partial charge in [0.2, 0.25) is 0 Å². The van der Waals surface area contributed by atoms with Gasteiger partial charge >= 0.3 is 5.97 Å². The Morgan fingerprint density at radius 2 is 2.14 bits per heavy atom. The van der Waals surface area contributed by atoms with E-state index in [9.17, 15) is 4.79 Å². The van der Waals surface area contributed by atoms with Crippen molar-refractivity contribution < 1.29 is 9.53 Å². The van der Waals surface area contributed by atoms with E-state index in [1.807, 2.05) is 45.9 Å². The number of esters is 1. The number of hydrogen-bond acceptors (Lipinski definition) is 2. The standard InChI is InChI=1S/C12H20O2/c1-5-7-8-10(3)9-11(4)12(13)14-6-2/h5,7-8,11H,6,9H2,1-4H3/b7-5-,10-8+. The highest BCUT2D eigenvalue weighted by molar-refractivity contribution is 5.72. The summed E-state index contributed by atoms with van der Waals surface area (Å²) in [6.07, 6.45) is 6.74. The molecule has 0 aromatic carbocycles. The predicted octanol–water partition coefficient (Wildman–Crippen LogP) is 3.10. The third-order valence-corrected chi connectivity index (χ3v) is 1.89. The van der Waals surface area contributed by atoms with Crippen LogP contribution in [0.1, 0.15) is 34.1 Å². The topological polar surface area (TPSA) is 26.3 Å². The molecule has 0 radical (unpaired) electrons. The summed E-state index contributed by atoms with van der Waals surface area (Å²) in [6.45, 7) is 8.17. The van der Waals surface area contributed by atoms with Gasteiger partial charge in [-0.25, -0.2) is 0 Å². The maximum atomic E-state index is 11.3. The molecule has 2 heteroatoms. The van der Waals surface area contributed by atoms with Crippen molar-refractivity contribution >= 4 is 5.97 Å². The van der Waals surface area contributed by atoms with Crippen molar-refractivity contribution in [3.63, 3.8) is 0 Å². The molecule has 0 fully saturated rings. The highest BCUT2D eigenvalue weighted by atomic mass is 16.5. The molecule has 0 bridgehead atoms. The minimum atomic E-state index is -0.110. The number of hydrogen-bond donors (Lipinski definition) is 0. The minimum Gasteiger partial charge on any atom is -0.466 e. The van der Waals surface area contributed by atoms with Crippen LogP contribution in [0.25, 0.3) is 0 Å². The van der Waals surface area contributed by atoms with Gasteiger partial charge in [-0.3, -0.25) is 4.79 Å². The van der Waals surface area contributed by atoms with Crippen LogP contribution in [-0.2, 0) is 9.53 Å². The molecule has 0 aliphatic rings. The van der Waals surface area contributed by atoms with Gasteiger partial charge < -0.3 is 4.74 Å². The molecular weight excluding hydrogens is 176 g/mol. The van der Waals surface area contributed by atoms with Crippen LogP contribution < -0.4 is 0 Å². The second kappa shape index (κ2) is 7.36. The Bertz CT molecular complexity index is 226. The smallest absolute Gasteiger partial charge is 0.308 e. The van der Waals surface area contributed by atoms with Gasteiger partial charge in [-0.1, -0.05) is 30.7 Å². The van der Waals surface area contributed by atoms with Crippen molar-refractivity contribution in [3.8, 4) is 0 Å². The average Bonchev–Trinajstić information content (AvgIpc) is 2.15. The molecular formula is C12H20O2. The maximum Gasteiger partial charge on any atom is 0.308 e. The van der Waals surface area contributed by atoms with Gasteiger partial charge in [-0.15, -0.1) is 0 Å². The highest BCUT2D eigenvalue weighted by Gasteiger charge is 2.13. The molecule has 0 rings (SSSR count). The molecule has 0 aromatic rings. The lowest BCUT2D eigenvalue weighted by Gasteiger charge is -2.09. The molecule has 0 spiro atoms. The van der Waals surface area contributed by atoms with E-state index in [1.54, 1.807) is 0 Å². The molecule has 0 aromatic heterocycles. The summed E-state index contributed by atoms with van der Waals surface area (Å²) in [7, 11) is 0. The SMILES string of the molecule is C/C=C\C=C(/C)CC(C)C(=O)OCC. The third kappa shape index (κ3) is 5.57. The fourth-order valence-electron chi connectivity index (χ4n) is 1.18. The minimum absolute atomic E-state index is 0.0449. The zero-order valence-electron chi connectivity index (χ0n) is 9.54. The molecule has 0 aliphatic carbocycles. The molecule has 0 amide bonds. The summed E-state index contributed by atoms with van der Waals surface area (Å²) in [5.41, 5.74) is 1.20. The molecule has 14 heavy (non-hydrogen) atoms. The lowest BCUT2D eigenvalue weighted by Crippen LogP contribution is -2.14. The van der Waals surface area contributed by atoms with Gasteiger partial charge in [0.05, 0.1) is 12.5 Å². The fraction of sp³-hybridized carbons (Fsp3) is 0.583. The zero-order chi connectivity index (χ0) is 11.0. The van der Waals surface area contributed by atoms with Crippen molar-refractivity contribution in [1.29, 1.82) is 0 Å². The van der Waals surface area contributed by atoms with E-state index in [2.05, 4.69) is 0 Å². The van der Waals surface area contributed by atoms with E-state index < -0.39 is 0 Å². The Morgan fingerprint density at radius 3 is 2.64 bits per heavy atom. The number of carbonyl (C=O) groups is 1. The largest absolute Gasteiger partial charge is 0.466 e. The first-order valence-electron chi connectivity index (χ1n) is 5.06. The average molecular weight is 196 g/mol. The second-order valence-corrected chi connectivity index (χ2v) is 3.40. The van der Waals surface area contributed by atoms with Crippen molar-refractivity contribution in [2.75, 3.05) is 6.61 Å². The van der Waals surface area contributed by atoms with Gasteiger partial charge in [0.15, 0.2) is 0 Å². The zero-order valence-corrected chi connectivity index (χ0v) is 9.54. The second-order valence-electron chi connectivity index (χ2n) is 3.40.